The summed E-state index contributed by atoms with van der Waals surface area (Å²) in [6, 6.07) is 6.24. The Morgan fingerprint density at radius 3 is 3.00 bits per heavy atom. The van der Waals surface area contributed by atoms with E-state index in [9.17, 15) is 4.39 Å². The molecule has 0 spiro atoms. The maximum atomic E-state index is 13.0. The first-order valence-corrected chi connectivity index (χ1v) is 4.74. The van der Waals surface area contributed by atoms with Crippen LogP contribution in [0, 0.1) is 5.82 Å². The lowest BCUT2D eigenvalue weighted by Crippen LogP contribution is -1.81. The first kappa shape index (κ1) is 8.96. The Kier molecular flexibility index (Phi) is 1.89. The molecule has 0 aliphatic rings. The zero-order valence-corrected chi connectivity index (χ0v) is 8.18. The van der Waals surface area contributed by atoms with E-state index in [-0.39, 0.29) is 5.82 Å². The summed E-state index contributed by atoms with van der Waals surface area (Å²) in [5.41, 5.74) is 2.01. The quantitative estimate of drug-likeness (QED) is 0.675. The Bertz CT molecular complexity index is 614. The highest BCUT2D eigenvalue weighted by molar-refractivity contribution is 5.74. The number of nitrogens with one attached hydrogen (secondary N) is 1. The first-order valence-electron chi connectivity index (χ1n) is 4.74. The van der Waals surface area contributed by atoms with Crippen molar-refractivity contribution in [3.8, 4) is 11.4 Å². The Morgan fingerprint density at radius 1 is 1.25 bits per heavy atom. The maximum absolute atomic E-state index is 13.0. The number of aromatic amines is 1. The van der Waals surface area contributed by atoms with Crippen LogP contribution in [0.3, 0.4) is 0 Å². The van der Waals surface area contributed by atoms with Gasteiger partial charge < -0.3 is 4.98 Å². The summed E-state index contributed by atoms with van der Waals surface area (Å²) in [4.78, 5) is 15.2. The van der Waals surface area contributed by atoms with Crippen LogP contribution in [0.1, 0.15) is 0 Å². The number of imidazole rings is 1. The van der Waals surface area contributed by atoms with E-state index in [2.05, 4.69) is 19.9 Å². The summed E-state index contributed by atoms with van der Waals surface area (Å²) in [6.45, 7) is 0. The largest absolute Gasteiger partial charge is 0.335 e. The molecular formula is C11H7FN4. The van der Waals surface area contributed by atoms with Gasteiger partial charge in [0.25, 0.3) is 0 Å². The fourth-order valence-corrected chi connectivity index (χ4v) is 1.53. The van der Waals surface area contributed by atoms with E-state index in [0.717, 1.165) is 5.52 Å². The van der Waals surface area contributed by atoms with E-state index in [1.165, 1.54) is 18.5 Å². The molecule has 0 saturated carbocycles. The predicted molar refractivity (Wildman–Crippen MR) is 57.1 cm³/mol. The molecule has 0 unspecified atom stereocenters. The van der Waals surface area contributed by atoms with Crippen LogP contribution in [0.2, 0.25) is 0 Å². The number of aromatic nitrogens is 4. The SMILES string of the molecule is Fc1cccc(-c2nc3ncncc3[nH]2)c1. The van der Waals surface area contributed by atoms with Crippen LogP contribution in [-0.2, 0) is 0 Å². The number of halogens is 1. The molecule has 3 aromatic rings. The van der Waals surface area contributed by atoms with Crippen molar-refractivity contribution < 1.29 is 4.39 Å². The lowest BCUT2D eigenvalue weighted by molar-refractivity contribution is 0.628. The van der Waals surface area contributed by atoms with Crippen molar-refractivity contribution in [1.29, 1.82) is 0 Å². The molecule has 0 radical (unpaired) electrons. The molecule has 0 aliphatic carbocycles. The summed E-state index contributed by atoms with van der Waals surface area (Å²) in [5.74, 6) is 0.305. The molecule has 0 aliphatic heterocycles. The molecule has 3 rings (SSSR count). The van der Waals surface area contributed by atoms with Crippen LogP contribution in [0.25, 0.3) is 22.6 Å². The highest BCUT2D eigenvalue weighted by Gasteiger charge is 2.06. The minimum absolute atomic E-state index is 0.288. The molecule has 78 valence electrons. The van der Waals surface area contributed by atoms with Crippen LogP contribution in [0.4, 0.5) is 4.39 Å². The summed E-state index contributed by atoms with van der Waals surface area (Å²) in [5, 5.41) is 0. The summed E-state index contributed by atoms with van der Waals surface area (Å²) in [7, 11) is 0. The molecule has 2 heterocycles. The van der Waals surface area contributed by atoms with Gasteiger partial charge in [0.15, 0.2) is 5.65 Å². The molecule has 0 saturated heterocycles. The average molecular weight is 214 g/mol. The molecule has 0 fully saturated rings. The van der Waals surface area contributed by atoms with Gasteiger partial charge >= 0.3 is 0 Å². The summed E-state index contributed by atoms with van der Waals surface area (Å²) in [6.07, 6.45) is 3.07. The van der Waals surface area contributed by atoms with Crippen LogP contribution < -0.4 is 0 Å². The van der Waals surface area contributed by atoms with E-state index >= 15 is 0 Å². The molecule has 1 aromatic carbocycles. The highest BCUT2D eigenvalue weighted by atomic mass is 19.1. The Hall–Kier alpha value is -2.30. The smallest absolute Gasteiger partial charge is 0.181 e. The van der Waals surface area contributed by atoms with Gasteiger partial charge in [-0.05, 0) is 12.1 Å². The van der Waals surface area contributed by atoms with Crippen LogP contribution >= 0.6 is 0 Å². The van der Waals surface area contributed by atoms with E-state index in [1.54, 1.807) is 18.3 Å². The van der Waals surface area contributed by atoms with Gasteiger partial charge in [0.2, 0.25) is 0 Å². The van der Waals surface area contributed by atoms with Crippen LogP contribution in [0.5, 0.6) is 0 Å². The molecule has 0 bridgehead atoms. The summed E-state index contributed by atoms with van der Waals surface area (Å²) >= 11 is 0. The van der Waals surface area contributed by atoms with Crippen molar-refractivity contribution in [2.24, 2.45) is 0 Å². The highest BCUT2D eigenvalue weighted by Crippen LogP contribution is 2.19. The molecular weight excluding hydrogens is 207 g/mol. The van der Waals surface area contributed by atoms with Gasteiger partial charge in [0, 0.05) is 5.56 Å². The van der Waals surface area contributed by atoms with Crippen LogP contribution in [-0.4, -0.2) is 19.9 Å². The van der Waals surface area contributed by atoms with E-state index in [1.807, 2.05) is 0 Å². The molecule has 0 amide bonds. The van der Waals surface area contributed by atoms with Gasteiger partial charge in [-0.3, -0.25) is 0 Å². The summed E-state index contributed by atoms with van der Waals surface area (Å²) < 4.78 is 13.0. The topological polar surface area (TPSA) is 54.5 Å². The Morgan fingerprint density at radius 2 is 2.19 bits per heavy atom. The lowest BCUT2D eigenvalue weighted by Gasteiger charge is -1.95. The van der Waals surface area contributed by atoms with Gasteiger partial charge in [-0.2, -0.15) is 0 Å². The fourth-order valence-electron chi connectivity index (χ4n) is 1.53. The molecule has 5 heteroatoms. The minimum atomic E-state index is -0.288. The second-order valence-corrected chi connectivity index (χ2v) is 3.36. The second kappa shape index (κ2) is 3.37. The van der Waals surface area contributed by atoms with Crippen molar-refractivity contribution in [3.63, 3.8) is 0 Å². The fraction of sp³-hybridized carbons (Fsp3) is 0. The van der Waals surface area contributed by atoms with Crippen molar-refractivity contribution in [1.82, 2.24) is 19.9 Å². The van der Waals surface area contributed by atoms with Gasteiger partial charge in [-0.1, -0.05) is 12.1 Å². The van der Waals surface area contributed by atoms with Crippen molar-refractivity contribution in [2.45, 2.75) is 0 Å². The van der Waals surface area contributed by atoms with Gasteiger partial charge in [-0.15, -0.1) is 0 Å². The van der Waals surface area contributed by atoms with E-state index in [4.69, 9.17) is 0 Å². The normalized spacial score (nSPS) is 10.8. The monoisotopic (exact) mass is 214 g/mol. The maximum Gasteiger partial charge on any atom is 0.181 e. The number of H-pyrrole nitrogens is 1. The predicted octanol–water partition coefficient (Wildman–Crippen LogP) is 2.16. The zero-order chi connectivity index (χ0) is 11.0. The van der Waals surface area contributed by atoms with Crippen molar-refractivity contribution in [2.75, 3.05) is 0 Å². The molecule has 16 heavy (non-hydrogen) atoms. The van der Waals surface area contributed by atoms with Crippen molar-refractivity contribution >= 4 is 11.2 Å². The number of rotatable bonds is 1. The standard InChI is InChI=1S/C11H7FN4/c12-8-3-1-2-7(4-8)10-15-9-5-13-6-14-11(9)16-10/h1-6H,(H,13,14,15,16). The Balaban J connectivity index is 2.19. The number of nitrogens with zero attached hydrogens (tertiary/aromatic N) is 3. The molecule has 1 N–H and O–H groups in total. The third-order valence-corrected chi connectivity index (χ3v) is 2.26. The van der Waals surface area contributed by atoms with Gasteiger partial charge in [-0.25, -0.2) is 19.3 Å². The zero-order valence-electron chi connectivity index (χ0n) is 8.18. The molecule has 0 atom stereocenters. The average Bonchev–Trinajstić information content (AvgIpc) is 2.72. The van der Waals surface area contributed by atoms with E-state index in [0.29, 0.717) is 17.0 Å². The number of hydrogen-bond acceptors (Lipinski definition) is 3. The third-order valence-electron chi connectivity index (χ3n) is 2.26. The molecule has 4 nitrogen and oxygen atoms in total. The van der Waals surface area contributed by atoms with Gasteiger partial charge in [0.05, 0.1) is 6.20 Å². The minimum Gasteiger partial charge on any atom is -0.335 e. The number of fused-ring (bicyclic) bond motifs is 1. The first-order chi connectivity index (χ1) is 7.83. The Labute approximate surface area is 90.2 Å². The second-order valence-electron chi connectivity index (χ2n) is 3.36. The van der Waals surface area contributed by atoms with Crippen LogP contribution in [0.15, 0.2) is 36.8 Å². The lowest BCUT2D eigenvalue weighted by atomic mass is 10.2. The number of benzene rings is 1. The molecule has 2 aromatic heterocycles. The number of hydrogen-bond donors (Lipinski definition) is 1. The third kappa shape index (κ3) is 1.42. The van der Waals surface area contributed by atoms with E-state index < -0.39 is 0 Å². The van der Waals surface area contributed by atoms with Crippen molar-refractivity contribution in [3.05, 3.63) is 42.6 Å². The van der Waals surface area contributed by atoms with Gasteiger partial charge in [0.1, 0.15) is 23.5 Å².